The molecule has 0 amide bonds. The number of nitrogens with one attached hydrogen (secondary N) is 2. The highest BCUT2D eigenvalue weighted by atomic mass is 15.2. The van der Waals surface area contributed by atoms with Crippen molar-refractivity contribution in [2.75, 3.05) is 13.6 Å². The zero-order valence-corrected chi connectivity index (χ0v) is 13.6. The number of guanidine groups is 1. The summed E-state index contributed by atoms with van der Waals surface area (Å²) in [5, 5.41) is 6.94. The topological polar surface area (TPSA) is 36.4 Å². The summed E-state index contributed by atoms with van der Waals surface area (Å²) in [6, 6.07) is 9.22. The number of benzene rings is 1. The zero-order valence-electron chi connectivity index (χ0n) is 13.6. The number of aryl methyl sites for hydroxylation is 1. The molecule has 0 atom stereocenters. The maximum atomic E-state index is 4.33. The van der Waals surface area contributed by atoms with Crippen LogP contribution in [0.2, 0.25) is 0 Å². The highest BCUT2D eigenvalue weighted by Gasteiger charge is 2.21. The molecule has 0 spiro atoms. The first kappa shape index (κ1) is 15.6. The van der Waals surface area contributed by atoms with Crippen molar-refractivity contribution in [2.24, 2.45) is 4.99 Å². The van der Waals surface area contributed by atoms with Crippen LogP contribution in [-0.4, -0.2) is 25.6 Å². The molecule has 0 aliphatic heterocycles. The van der Waals surface area contributed by atoms with Gasteiger partial charge in [-0.15, -0.1) is 0 Å². The summed E-state index contributed by atoms with van der Waals surface area (Å²) in [5.41, 5.74) is 2.73. The van der Waals surface area contributed by atoms with Gasteiger partial charge in [0.1, 0.15) is 0 Å². The third kappa shape index (κ3) is 4.35. The molecule has 1 aliphatic rings. The zero-order chi connectivity index (χ0) is 15.3. The Balaban J connectivity index is 1.93. The average Bonchev–Trinajstić information content (AvgIpc) is 2.96. The second-order valence-corrected chi connectivity index (χ2v) is 6.46. The van der Waals surface area contributed by atoms with E-state index < -0.39 is 0 Å². The second kappa shape index (κ2) is 6.79. The van der Waals surface area contributed by atoms with Gasteiger partial charge in [0.05, 0.1) is 0 Å². The van der Waals surface area contributed by atoms with Gasteiger partial charge in [0.15, 0.2) is 5.96 Å². The lowest BCUT2D eigenvalue weighted by Gasteiger charge is -2.28. The maximum Gasteiger partial charge on any atom is 0.191 e. The Bertz CT molecular complexity index is 521. The summed E-state index contributed by atoms with van der Waals surface area (Å²) < 4.78 is 0. The van der Waals surface area contributed by atoms with Crippen LogP contribution >= 0.6 is 0 Å². The predicted octanol–water partition coefficient (Wildman–Crippen LogP) is 3.16. The summed E-state index contributed by atoms with van der Waals surface area (Å²) in [4.78, 5) is 4.33. The molecule has 1 aromatic rings. The maximum absolute atomic E-state index is 4.33. The minimum atomic E-state index is 0.0670. The van der Waals surface area contributed by atoms with Gasteiger partial charge in [-0.25, -0.2) is 0 Å². The van der Waals surface area contributed by atoms with E-state index in [0.717, 1.165) is 25.3 Å². The molecular weight excluding hydrogens is 258 g/mol. The van der Waals surface area contributed by atoms with E-state index in [1.54, 1.807) is 0 Å². The van der Waals surface area contributed by atoms with Crippen LogP contribution < -0.4 is 10.6 Å². The van der Waals surface area contributed by atoms with E-state index in [-0.39, 0.29) is 5.41 Å². The SMILES string of the molecule is CN=C(NCC(C)(C)c1cccc(C)c1)NC1CC=CC1. The van der Waals surface area contributed by atoms with Crippen LogP contribution in [0.25, 0.3) is 0 Å². The molecule has 0 saturated heterocycles. The Kier molecular flexibility index (Phi) is 5.05. The van der Waals surface area contributed by atoms with Gasteiger partial charge in [0, 0.05) is 25.0 Å². The van der Waals surface area contributed by atoms with Crippen LogP contribution in [0, 0.1) is 6.92 Å². The fourth-order valence-electron chi connectivity index (χ4n) is 2.60. The van der Waals surface area contributed by atoms with E-state index in [1.165, 1.54) is 11.1 Å². The molecule has 0 radical (unpaired) electrons. The van der Waals surface area contributed by atoms with Crippen LogP contribution in [-0.2, 0) is 5.41 Å². The Morgan fingerprint density at radius 2 is 2.00 bits per heavy atom. The van der Waals surface area contributed by atoms with Gasteiger partial charge in [-0.3, -0.25) is 4.99 Å². The number of rotatable bonds is 4. The summed E-state index contributed by atoms with van der Waals surface area (Å²) in [6.07, 6.45) is 6.62. The molecule has 1 aromatic carbocycles. The molecule has 0 fully saturated rings. The second-order valence-electron chi connectivity index (χ2n) is 6.46. The van der Waals surface area contributed by atoms with Crippen molar-refractivity contribution in [3.63, 3.8) is 0 Å². The summed E-state index contributed by atoms with van der Waals surface area (Å²) >= 11 is 0. The number of nitrogens with zero attached hydrogens (tertiary/aromatic N) is 1. The van der Waals surface area contributed by atoms with E-state index in [2.05, 4.69) is 72.8 Å². The lowest BCUT2D eigenvalue weighted by Crippen LogP contribution is -2.46. The smallest absolute Gasteiger partial charge is 0.191 e. The van der Waals surface area contributed by atoms with Crippen LogP contribution in [0.3, 0.4) is 0 Å². The minimum Gasteiger partial charge on any atom is -0.356 e. The Labute approximate surface area is 128 Å². The minimum absolute atomic E-state index is 0.0670. The van der Waals surface area contributed by atoms with E-state index >= 15 is 0 Å². The van der Waals surface area contributed by atoms with Gasteiger partial charge in [0.25, 0.3) is 0 Å². The Morgan fingerprint density at radius 1 is 1.29 bits per heavy atom. The van der Waals surface area contributed by atoms with E-state index in [1.807, 2.05) is 7.05 Å². The molecule has 0 bridgehead atoms. The lowest BCUT2D eigenvalue weighted by atomic mass is 9.84. The van der Waals surface area contributed by atoms with Gasteiger partial charge in [-0.2, -0.15) is 0 Å². The molecule has 2 rings (SSSR count). The van der Waals surface area contributed by atoms with Gasteiger partial charge >= 0.3 is 0 Å². The quantitative estimate of drug-likeness (QED) is 0.506. The monoisotopic (exact) mass is 285 g/mol. The van der Waals surface area contributed by atoms with Gasteiger partial charge in [-0.1, -0.05) is 55.8 Å². The molecule has 3 nitrogen and oxygen atoms in total. The van der Waals surface area contributed by atoms with Gasteiger partial charge in [-0.05, 0) is 25.3 Å². The van der Waals surface area contributed by atoms with Crippen LogP contribution in [0.5, 0.6) is 0 Å². The first-order valence-corrected chi connectivity index (χ1v) is 7.70. The first-order valence-electron chi connectivity index (χ1n) is 7.70. The standard InChI is InChI=1S/C18H27N3/c1-14-8-7-9-15(12-14)18(2,3)13-20-17(19-4)21-16-10-5-6-11-16/h5-9,12,16H,10-11,13H2,1-4H3,(H2,19,20,21). The Hall–Kier alpha value is -1.77. The van der Waals surface area contributed by atoms with Crippen molar-refractivity contribution < 1.29 is 0 Å². The molecule has 2 N–H and O–H groups in total. The van der Waals surface area contributed by atoms with Crippen LogP contribution in [0.15, 0.2) is 41.4 Å². The summed E-state index contributed by atoms with van der Waals surface area (Å²) in [5.74, 6) is 0.893. The van der Waals surface area contributed by atoms with Gasteiger partial charge < -0.3 is 10.6 Å². The van der Waals surface area contributed by atoms with E-state index in [9.17, 15) is 0 Å². The number of hydrogen-bond donors (Lipinski definition) is 2. The number of hydrogen-bond acceptors (Lipinski definition) is 1. The van der Waals surface area contributed by atoms with Crippen LogP contribution in [0.1, 0.15) is 37.8 Å². The van der Waals surface area contributed by atoms with E-state index in [0.29, 0.717) is 6.04 Å². The molecule has 0 unspecified atom stereocenters. The van der Waals surface area contributed by atoms with Gasteiger partial charge in [0.2, 0.25) is 0 Å². The highest BCUT2D eigenvalue weighted by Crippen LogP contribution is 2.23. The molecule has 114 valence electrons. The molecule has 3 heteroatoms. The Morgan fingerprint density at radius 3 is 2.62 bits per heavy atom. The van der Waals surface area contributed by atoms with Crippen LogP contribution in [0.4, 0.5) is 0 Å². The fraction of sp³-hybridized carbons (Fsp3) is 0.500. The average molecular weight is 285 g/mol. The lowest BCUT2D eigenvalue weighted by molar-refractivity contribution is 0.504. The fourth-order valence-corrected chi connectivity index (χ4v) is 2.60. The van der Waals surface area contributed by atoms with Crippen molar-refractivity contribution in [1.29, 1.82) is 0 Å². The van der Waals surface area contributed by atoms with Crippen molar-refractivity contribution in [2.45, 2.75) is 45.1 Å². The molecular formula is C18H27N3. The highest BCUT2D eigenvalue weighted by molar-refractivity contribution is 5.80. The van der Waals surface area contributed by atoms with Crippen molar-refractivity contribution in [3.05, 3.63) is 47.5 Å². The molecule has 1 aliphatic carbocycles. The number of aliphatic imine (C=N–C) groups is 1. The summed E-state index contributed by atoms with van der Waals surface area (Å²) in [6.45, 7) is 7.52. The predicted molar refractivity (Wildman–Crippen MR) is 90.9 cm³/mol. The first-order chi connectivity index (χ1) is 10.0. The normalized spacial score (nSPS) is 16.3. The third-order valence-corrected chi connectivity index (χ3v) is 4.07. The molecule has 21 heavy (non-hydrogen) atoms. The van der Waals surface area contributed by atoms with Crippen molar-refractivity contribution in [3.8, 4) is 0 Å². The van der Waals surface area contributed by atoms with Crippen molar-refractivity contribution in [1.82, 2.24) is 10.6 Å². The summed E-state index contributed by atoms with van der Waals surface area (Å²) in [7, 11) is 1.83. The van der Waals surface area contributed by atoms with E-state index in [4.69, 9.17) is 0 Å². The molecule has 0 heterocycles. The largest absolute Gasteiger partial charge is 0.356 e. The molecule has 0 aromatic heterocycles. The third-order valence-electron chi connectivity index (χ3n) is 4.07. The molecule has 0 saturated carbocycles. The van der Waals surface area contributed by atoms with Crippen molar-refractivity contribution >= 4 is 5.96 Å².